The van der Waals surface area contributed by atoms with E-state index in [4.69, 9.17) is 9.97 Å². The van der Waals surface area contributed by atoms with E-state index in [9.17, 15) is 0 Å². The van der Waals surface area contributed by atoms with Crippen LogP contribution in [-0.2, 0) is 6.54 Å². The molecular weight excluding hydrogens is 416 g/mol. The third kappa shape index (κ3) is 3.77. The number of pyridine rings is 1. The molecule has 166 valence electrons. The molecule has 1 aliphatic carbocycles. The second-order valence-corrected chi connectivity index (χ2v) is 10.1. The fourth-order valence-corrected chi connectivity index (χ4v) is 6.24. The lowest BCUT2D eigenvalue weighted by Crippen LogP contribution is -2.35. The Kier molecular flexibility index (Phi) is 5.53. The van der Waals surface area contributed by atoms with Crippen LogP contribution in [-0.4, -0.2) is 42.1 Å². The lowest BCUT2D eigenvalue weighted by molar-refractivity contribution is 0.175. The zero-order valence-corrected chi connectivity index (χ0v) is 19.3. The van der Waals surface area contributed by atoms with Gasteiger partial charge in [0.25, 0.3) is 0 Å². The van der Waals surface area contributed by atoms with E-state index in [1.165, 1.54) is 43.6 Å². The van der Waals surface area contributed by atoms with Crippen LogP contribution in [0.2, 0.25) is 0 Å². The molecule has 6 nitrogen and oxygen atoms in total. The number of imidazole rings is 1. The SMILES string of the molecule is c1cnc2c(c1)nc(C1CCCCC1)n2C1CCN(Cc2cccn2-c2nccs2)CC1. The van der Waals surface area contributed by atoms with Crippen LogP contribution in [0.1, 0.15) is 68.4 Å². The molecule has 2 aliphatic rings. The van der Waals surface area contributed by atoms with E-state index in [1.54, 1.807) is 11.3 Å². The van der Waals surface area contributed by atoms with Gasteiger partial charge in [0.2, 0.25) is 0 Å². The average Bonchev–Trinajstić information content (AvgIpc) is 3.60. The number of piperidine rings is 1. The molecule has 4 aromatic heterocycles. The van der Waals surface area contributed by atoms with Gasteiger partial charge in [-0.1, -0.05) is 19.3 Å². The Bertz CT molecular complexity index is 1160. The van der Waals surface area contributed by atoms with E-state index in [2.05, 4.69) is 43.4 Å². The van der Waals surface area contributed by atoms with E-state index in [0.29, 0.717) is 12.0 Å². The van der Waals surface area contributed by atoms with Crippen molar-refractivity contribution in [2.75, 3.05) is 13.1 Å². The lowest BCUT2D eigenvalue weighted by atomic mass is 9.88. The summed E-state index contributed by atoms with van der Waals surface area (Å²) in [5.74, 6) is 1.90. The zero-order valence-electron chi connectivity index (χ0n) is 18.4. The molecule has 1 aliphatic heterocycles. The average molecular weight is 447 g/mol. The van der Waals surface area contributed by atoms with E-state index in [0.717, 1.165) is 48.8 Å². The molecule has 6 rings (SSSR count). The maximum atomic E-state index is 5.11. The minimum Gasteiger partial charge on any atom is -0.309 e. The fraction of sp³-hybridized carbons (Fsp3) is 0.480. The summed E-state index contributed by atoms with van der Waals surface area (Å²) in [5.41, 5.74) is 3.47. The highest BCUT2D eigenvalue weighted by molar-refractivity contribution is 7.12. The molecule has 2 fully saturated rings. The lowest BCUT2D eigenvalue weighted by Gasteiger charge is -2.34. The van der Waals surface area contributed by atoms with Gasteiger partial charge in [-0.25, -0.2) is 15.0 Å². The van der Waals surface area contributed by atoms with Crippen molar-refractivity contribution in [2.45, 2.75) is 63.5 Å². The highest BCUT2D eigenvalue weighted by Crippen LogP contribution is 2.37. The minimum atomic E-state index is 0.494. The summed E-state index contributed by atoms with van der Waals surface area (Å²) in [4.78, 5) is 17.0. The van der Waals surface area contributed by atoms with Crippen LogP contribution in [0.25, 0.3) is 16.3 Å². The van der Waals surface area contributed by atoms with Gasteiger partial charge >= 0.3 is 0 Å². The van der Waals surface area contributed by atoms with Crippen LogP contribution < -0.4 is 0 Å². The van der Waals surface area contributed by atoms with Crippen LogP contribution in [0.15, 0.2) is 48.2 Å². The van der Waals surface area contributed by atoms with Crippen molar-refractivity contribution < 1.29 is 0 Å². The quantitative estimate of drug-likeness (QED) is 0.402. The van der Waals surface area contributed by atoms with Crippen molar-refractivity contribution in [3.8, 4) is 5.13 Å². The summed E-state index contributed by atoms with van der Waals surface area (Å²) in [7, 11) is 0. The smallest absolute Gasteiger partial charge is 0.193 e. The molecule has 0 aromatic carbocycles. The van der Waals surface area contributed by atoms with Gasteiger partial charge in [0.1, 0.15) is 11.3 Å². The first-order valence-electron chi connectivity index (χ1n) is 12.0. The molecule has 32 heavy (non-hydrogen) atoms. The molecule has 5 heterocycles. The Balaban J connectivity index is 1.21. The first-order valence-corrected chi connectivity index (χ1v) is 12.9. The zero-order chi connectivity index (χ0) is 21.3. The molecule has 1 saturated heterocycles. The van der Waals surface area contributed by atoms with Gasteiger partial charge in [0.05, 0.1) is 0 Å². The first-order chi connectivity index (χ1) is 15.9. The third-order valence-electron chi connectivity index (χ3n) is 7.21. The summed E-state index contributed by atoms with van der Waals surface area (Å²) in [6.45, 7) is 3.17. The number of likely N-dealkylation sites (tertiary alicyclic amines) is 1. The number of aromatic nitrogens is 5. The van der Waals surface area contributed by atoms with E-state index in [1.807, 2.05) is 23.8 Å². The second kappa shape index (κ2) is 8.79. The van der Waals surface area contributed by atoms with Crippen molar-refractivity contribution in [1.82, 2.24) is 29.0 Å². The Morgan fingerprint density at radius 3 is 2.62 bits per heavy atom. The fourth-order valence-electron chi connectivity index (χ4n) is 5.59. The maximum Gasteiger partial charge on any atom is 0.193 e. The number of fused-ring (bicyclic) bond motifs is 1. The third-order valence-corrected chi connectivity index (χ3v) is 7.98. The van der Waals surface area contributed by atoms with Crippen molar-refractivity contribution in [1.29, 1.82) is 0 Å². The van der Waals surface area contributed by atoms with E-state index < -0.39 is 0 Å². The second-order valence-electron chi connectivity index (χ2n) is 9.21. The molecule has 7 heteroatoms. The van der Waals surface area contributed by atoms with Crippen molar-refractivity contribution in [3.05, 3.63) is 59.8 Å². The number of thiazole rings is 1. The number of nitrogens with zero attached hydrogens (tertiary/aromatic N) is 6. The Morgan fingerprint density at radius 1 is 0.938 bits per heavy atom. The molecule has 0 atom stereocenters. The molecular formula is C25H30N6S. The Hall–Kier alpha value is -2.51. The molecule has 4 aromatic rings. The maximum absolute atomic E-state index is 5.11. The Labute approximate surface area is 192 Å². The highest BCUT2D eigenvalue weighted by Gasteiger charge is 2.29. The summed E-state index contributed by atoms with van der Waals surface area (Å²) < 4.78 is 4.76. The minimum absolute atomic E-state index is 0.494. The summed E-state index contributed by atoms with van der Waals surface area (Å²) in [6, 6.07) is 9.00. The number of hydrogen-bond acceptors (Lipinski definition) is 5. The normalized spacial score (nSPS) is 19.1. The number of rotatable bonds is 5. The molecule has 0 radical (unpaired) electrons. The standard InChI is InChI=1S/C25H30N6S/c1-2-6-19(7-3-1)23-28-22-9-4-12-26-24(22)31(23)20-10-15-29(16-11-20)18-21-8-5-14-30(21)25-27-13-17-32-25/h4-5,8-9,12-14,17,19-20H,1-3,6-7,10-11,15-16,18H2. The van der Waals surface area contributed by atoms with Crippen LogP contribution in [0, 0.1) is 0 Å². The van der Waals surface area contributed by atoms with Crippen molar-refractivity contribution in [2.24, 2.45) is 0 Å². The summed E-state index contributed by atoms with van der Waals surface area (Å²) in [5, 5.41) is 3.09. The number of hydrogen-bond donors (Lipinski definition) is 0. The topological polar surface area (TPSA) is 51.8 Å². The van der Waals surface area contributed by atoms with Crippen molar-refractivity contribution >= 4 is 22.5 Å². The van der Waals surface area contributed by atoms with Gasteiger partial charge in [-0.05, 0) is 49.9 Å². The van der Waals surface area contributed by atoms with Crippen LogP contribution in [0.3, 0.4) is 0 Å². The predicted octanol–water partition coefficient (Wildman–Crippen LogP) is 5.56. The molecule has 0 amide bonds. The van der Waals surface area contributed by atoms with Crippen LogP contribution in [0.5, 0.6) is 0 Å². The van der Waals surface area contributed by atoms with Crippen LogP contribution in [0.4, 0.5) is 0 Å². The van der Waals surface area contributed by atoms with Gasteiger partial charge in [-0.2, -0.15) is 0 Å². The Morgan fingerprint density at radius 2 is 1.81 bits per heavy atom. The van der Waals surface area contributed by atoms with Gasteiger partial charge < -0.3 is 4.57 Å². The molecule has 0 unspecified atom stereocenters. The monoisotopic (exact) mass is 446 g/mol. The van der Waals surface area contributed by atoms with Gasteiger partial charge in [0.15, 0.2) is 10.8 Å². The molecule has 1 saturated carbocycles. The van der Waals surface area contributed by atoms with E-state index >= 15 is 0 Å². The summed E-state index contributed by atoms with van der Waals surface area (Å²) >= 11 is 1.69. The molecule has 0 spiro atoms. The highest BCUT2D eigenvalue weighted by atomic mass is 32.1. The molecule has 0 bridgehead atoms. The molecule has 0 N–H and O–H groups in total. The van der Waals surface area contributed by atoms with Gasteiger partial charge in [-0.3, -0.25) is 9.47 Å². The van der Waals surface area contributed by atoms with Gasteiger partial charge in [0, 0.05) is 61.3 Å². The van der Waals surface area contributed by atoms with E-state index in [-0.39, 0.29) is 0 Å². The van der Waals surface area contributed by atoms with Crippen molar-refractivity contribution in [3.63, 3.8) is 0 Å². The summed E-state index contributed by atoms with van der Waals surface area (Å²) in [6.07, 6.45) is 14.8. The van der Waals surface area contributed by atoms with Crippen LogP contribution >= 0.6 is 11.3 Å². The predicted molar refractivity (Wildman–Crippen MR) is 128 cm³/mol. The van der Waals surface area contributed by atoms with Gasteiger partial charge in [-0.15, -0.1) is 11.3 Å². The largest absolute Gasteiger partial charge is 0.309 e. The first kappa shape index (κ1) is 20.1.